The maximum atomic E-state index is 12.8. The highest BCUT2D eigenvalue weighted by molar-refractivity contribution is 6.03. The Bertz CT molecular complexity index is 763. The molecule has 0 amide bonds. The van der Waals surface area contributed by atoms with Gasteiger partial charge in [-0.05, 0) is 18.2 Å². The molecule has 2 aromatic rings. The number of halogens is 3. The number of carbonyl (C=O) groups is 2. The molecule has 0 radical (unpaired) electrons. The van der Waals surface area contributed by atoms with Gasteiger partial charge in [0, 0.05) is 25.1 Å². The van der Waals surface area contributed by atoms with Crippen LogP contribution in [0.5, 0.6) is 0 Å². The zero-order chi connectivity index (χ0) is 16.7. The number of aromatic carboxylic acids is 1. The standard InChI is InChI=1S/C14H11F3N2O3/c1-7(20)12-11(6-18-19(12)2)10-5-8(14(15,16)17)3-4-9(10)13(21)22/h3-6H,1-2H3,(H,21,22). The predicted octanol–water partition coefficient (Wildman–Crippen LogP) is 3.01. The summed E-state index contributed by atoms with van der Waals surface area (Å²) in [6, 6.07) is 2.28. The number of nitrogens with zero attached hydrogens (tertiary/aromatic N) is 2. The number of aryl methyl sites for hydroxylation is 1. The first-order chi connectivity index (χ1) is 10.1. The monoisotopic (exact) mass is 312 g/mol. The van der Waals surface area contributed by atoms with Gasteiger partial charge in [-0.3, -0.25) is 9.48 Å². The van der Waals surface area contributed by atoms with E-state index in [1.165, 1.54) is 24.9 Å². The molecule has 0 atom stereocenters. The van der Waals surface area contributed by atoms with Gasteiger partial charge in [0.1, 0.15) is 5.69 Å². The molecule has 1 aromatic heterocycles. The van der Waals surface area contributed by atoms with Crippen molar-refractivity contribution in [3.8, 4) is 11.1 Å². The third kappa shape index (κ3) is 2.72. The summed E-state index contributed by atoms with van der Waals surface area (Å²) in [4.78, 5) is 22.9. The molecule has 0 saturated heterocycles. The van der Waals surface area contributed by atoms with Crippen molar-refractivity contribution in [3.63, 3.8) is 0 Å². The van der Waals surface area contributed by atoms with Crippen LogP contribution < -0.4 is 0 Å². The summed E-state index contributed by atoms with van der Waals surface area (Å²) in [5.74, 6) is -1.81. The number of rotatable bonds is 3. The first kappa shape index (κ1) is 15.7. The lowest BCUT2D eigenvalue weighted by atomic mass is 9.96. The zero-order valence-electron chi connectivity index (χ0n) is 11.6. The second-order valence-electron chi connectivity index (χ2n) is 4.65. The molecule has 0 aliphatic carbocycles. The summed E-state index contributed by atoms with van der Waals surface area (Å²) >= 11 is 0. The van der Waals surface area contributed by atoms with Crippen molar-refractivity contribution in [2.75, 3.05) is 0 Å². The predicted molar refractivity (Wildman–Crippen MR) is 70.6 cm³/mol. The second-order valence-corrected chi connectivity index (χ2v) is 4.65. The molecular weight excluding hydrogens is 301 g/mol. The number of Topliss-reactive ketones (excluding diaryl/α,β-unsaturated/α-hetero) is 1. The van der Waals surface area contributed by atoms with E-state index in [0.717, 1.165) is 6.07 Å². The Morgan fingerprint density at radius 2 is 1.86 bits per heavy atom. The van der Waals surface area contributed by atoms with E-state index in [1.807, 2.05) is 0 Å². The molecule has 0 aliphatic rings. The SMILES string of the molecule is CC(=O)c1c(-c2cc(C(F)(F)F)ccc2C(=O)O)cnn1C. The van der Waals surface area contributed by atoms with Crippen molar-refractivity contribution in [2.24, 2.45) is 7.05 Å². The van der Waals surface area contributed by atoms with E-state index in [4.69, 9.17) is 5.11 Å². The van der Waals surface area contributed by atoms with Crippen molar-refractivity contribution in [2.45, 2.75) is 13.1 Å². The van der Waals surface area contributed by atoms with E-state index in [1.54, 1.807) is 0 Å². The summed E-state index contributed by atoms with van der Waals surface area (Å²) in [6.07, 6.45) is -3.44. The van der Waals surface area contributed by atoms with E-state index in [-0.39, 0.29) is 22.4 Å². The van der Waals surface area contributed by atoms with Gasteiger partial charge >= 0.3 is 12.1 Å². The minimum absolute atomic E-state index is 0.0434. The van der Waals surface area contributed by atoms with E-state index in [2.05, 4.69) is 5.10 Å². The number of carboxylic acids is 1. The Labute approximate surface area is 123 Å². The molecule has 1 heterocycles. The number of hydrogen-bond acceptors (Lipinski definition) is 3. The number of alkyl halides is 3. The van der Waals surface area contributed by atoms with E-state index < -0.39 is 23.5 Å². The third-order valence-corrected chi connectivity index (χ3v) is 3.14. The molecule has 1 N–H and O–H groups in total. The van der Waals surface area contributed by atoms with Crippen LogP contribution in [0, 0.1) is 0 Å². The van der Waals surface area contributed by atoms with Gasteiger partial charge in [0.15, 0.2) is 5.78 Å². The quantitative estimate of drug-likeness (QED) is 0.884. The molecule has 116 valence electrons. The average Bonchev–Trinajstić information content (AvgIpc) is 2.78. The van der Waals surface area contributed by atoms with Crippen LogP contribution in [0.3, 0.4) is 0 Å². The van der Waals surface area contributed by atoms with Crippen molar-refractivity contribution < 1.29 is 27.9 Å². The summed E-state index contributed by atoms with van der Waals surface area (Å²) < 4.78 is 39.7. The summed E-state index contributed by atoms with van der Waals surface area (Å²) in [5.41, 5.74) is -1.42. The Kier molecular flexibility index (Phi) is 3.78. The fourth-order valence-corrected chi connectivity index (χ4v) is 2.18. The fraction of sp³-hybridized carbons (Fsp3) is 0.214. The van der Waals surface area contributed by atoms with E-state index in [9.17, 15) is 22.8 Å². The Balaban J connectivity index is 2.78. The van der Waals surface area contributed by atoms with Crippen molar-refractivity contribution >= 4 is 11.8 Å². The lowest BCUT2D eigenvalue weighted by Gasteiger charge is -2.11. The molecule has 0 saturated carbocycles. The lowest BCUT2D eigenvalue weighted by Crippen LogP contribution is -2.09. The van der Waals surface area contributed by atoms with Crippen LogP contribution >= 0.6 is 0 Å². The van der Waals surface area contributed by atoms with Crippen molar-refractivity contribution in [1.29, 1.82) is 0 Å². The van der Waals surface area contributed by atoms with Gasteiger partial charge < -0.3 is 5.11 Å². The van der Waals surface area contributed by atoms with E-state index >= 15 is 0 Å². The van der Waals surface area contributed by atoms with Gasteiger partial charge in [-0.1, -0.05) is 0 Å². The van der Waals surface area contributed by atoms with Gasteiger partial charge in [-0.15, -0.1) is 0 Å². The topological polar surface area (TPSA) is 72.2 Å². The Hall–Kier alpha value is -2.64. The maximum absolute atomic E-state index is 12.8. The summed E-state index contributed by atoms with van der Waals surface area (Å²) in [7, 11) is 1.45. The van der Waals surface area contributed by atoms with Crippen LogP contribution in [-0.4, -0.2) is 26.6 Å². The largest absolute Gasteiger partial charge is 0.478 e. The normalized spacial score (nSPS) is 11.5. The van der Waals surface area contributed by atoms with Crippen LogP contribution in [-0.2, 0) is 13.2 Å². The molecule has 0 bridgehead atoms. The zero-order valence-corrected chi connectivity index (χ0v) is 11.6. The molecule has 1 aromatic carbocycles. The van der Waals surface area contributed by atoms with Gasteiger partial charge in [0.2, 0.25) is 0 Å². The van der Waals surface area contributed by atoms with Crippen molar-refractivity contribution in [3.05, 3.63) is 41.2 Å². The number of carbonyl (C=O) groups excluding carboxylic acids is 1. The van der Waals surface area contributed by atoms with Crippen LogP contribution in [0.1, 0.15) is 33.3 Å². The molecule has 0 aliphatic heterocycles. The van der Waals surface area contributed by atoms with Crippen LogP contribution in [0.2, 0.25) is 0 Å². The lowest BCUT2D eigenvalue weighted by molar-refractivity contribution is -0.137. The minimum atomic E-state index is -4.62. The summed E-state index contributed by atoms with van der Waals surface area (Å²) in [6.45, 7) is 1.23. The number of carboxylic acid groups (broad SMARTS) is 1. The molecule has 5 nitrogen and oxygen atoms in total. The van der Waals surface area contributed by atoms with Gasteiger partial charge in [0.05, 0.1) is 17.3 Å². The average molecular weight is 312 g/mol. The van der Waals surface area contributed by atoms with Crippen LogP contribution in [0.4, 0.5) is 13.2 Å². The van der Waals surface area contributed by atoms with Crippen LogP contribution in [0.25, 0.3) is 11.1 Å². The van der Waals surface area contributed by atoms with Gasteiger partial charge in [-0.2, -0.15) is 18.3 Å². The molecule has 0 unspecified atom stereocenters. The number of aromatic nitrogens is 2. The molecule has 8 heteroatoms. The highest BCUT2D eigenvalue weighted by Crippen LogP contribution is 2.35. The molecule has 2 rings (SSSR count). The molecular formula is C14H11F3N2O3. The first-order valence-corrected chi connectivity index (χ1v) is 6.10. The van der Waals surface area contributed by atoms with Crippen molar-refractivity contribution in [1.82, 2.24) is 9.78 Å². The van der Waals surface area contributed by atoms with Crippen LogP contribution in [0.15, 0.2) is 24.4 Å². The third-order valence-electron chi connectivity index (χ3n) is 3.14. The fourth-order valence-electron chi connectivity index (χ4n) is 2.18. The summed E-state index contributed by atoms with van der Waals surface area (Å²) in [5, 5.41) is 13.0. The number of ketones is 1. The molecule has 22 heavy (non-hydrogen) atoms. The van der Waals surface area contributed by atoms with E-state index in [0.29, 0.717) is 12.1 Å². The highest BCUT2D eigenvalue weighted by Gasteiger charge is 2.32. The molecule has 0 spiro atoms. The second kappa shape index (κ2) is 5.28. The Morgan fingerprint density at radius 1 is 1.23 bits per heavy atom. The minimum Gasteiger partial charge on any atom is -0.478 e. The number of benzene rings is 1. The highest BCUT2D eigenvalue weighted by atomic mass is 19.4. The van der Waals surface area contributed by atoms with Gasteiger partial charge in [-0.25, -0.2) is 4.79 Å². The molecule has 0 fully saturated rings. The number of hydrogen-bond donors (Lipinski definition) is 1. The Morgan fingerprint density at radius 3 is 2.36 bits per heavy atom. The smallest absolute Gasteiger partial charge is 0.416 e. The first-order valence-electron chi connectivity index (χ1n) is 6.10. The van der Waals surface area contributed by atoms with Gasteiger partial charge in [0.25, 0.3) is 0 Å². The maximum Gasteiger partial charge on any atom is 0.416 e.